The van der Waals surface area contributed by atoms with Gasteiger partial charge in [0.15, 0.2) is 0 Å². The molecule has 0 radical (unpaired) electrons. The predicted octanol–water partition coefficient (Wildman–Crippen LogP) is 4.39. The molecule has 1 saturated carbocycles. The molecule has 1 amide bonds. The van der Waals surface area contributed by atoms with Gasteiger partial charge in [-0.2, -0.15) is 0 Å². The maximum absolute atomic E-state index is 13.7. The molecule has 150 valence electrons. The number of nitrogens with zero attached hydrogens (tertiary/aromatic N) is 1. The van der Waals surface area contributed by atoms with Crippen molar-refractivity contribution in [1.82, 2.24) is 15.5 Å². The van der Waals surface area contributed by atoms with Crippen molar-refractivity contribution in [2.75, 3.05) is 0 Å². The number of aromatic nitrogens is 2. The molecule has 2 aromatic heterocycles. The van der Waals surface area contributed by atoms with Crippen LogP contribution >= 0.6 is 0 Å². The fourth-order valence-electron chi connectivity index (χ4n) is 3.56. The topological polar surface area (TPSA) is 88.0 Å². The van der Waals surface area contributed by atoms with Gasteiger partial charge in [-0.15, -0.1) is 0 Å². The van der Waals surface area contributed by atoms with E-state index in [0.29, 0.717) is 39.0 Å². The highest BCUT2D eigenvalue weighted by molar-refractivity contribution is 6.19. The first-order chi connectivity index (χ1) is 14.5. The van der Waals surface area contributed by atoms with E-state index in [1.54, 1.807) is 43.5 Å². The van der Waals surface area contributed by atoms with Gasteiger partial charge in [0.25, 0.3) is 5.91 Å². The number of aromatic amines is 1. The quantitative estimate of drug-likeness (QED) is 0.484. The van der Waals surface area contributed by atoms with Crippen molar-refractivity contribution in [3.63, 3.8) is 0 Å². The molecule has 5 rings (SSSR count). The van der Waals surface area contributed by atoms with Crippen LogP contribution in [0.4, 0.5) is 4.39 Å². The second kappa shape index (κ2) is 6.95. The standard InChI is InChI=1S/C23H18FN3O3/c1-12-20(21(27-30-12)13-3-2-4-15(24)9-13)22(28)18-11-25-19-10-14(5-8-17(18)19)23(29)26-16-6-7-16/h2-5,8-11,16,25H,6-7H2,1H3,(H,26,29). The largest absolute Gasteiger partial charge is 0.360 e. The Morgan fingerprint density at radius 3 is 2.80 bits per heavy atom. The van der Waals surface area contributed by atoms with Crippen LogP contribution in [0.1, 0.15) is 44.9 Å². The number of carbonyl (C=O) groups is 2. The molecule has 0 unspecified atom stereocenters. The highest BCUT2D eigenvalue weighted by atomic mass is 19.1. The summed E-state index contributed by atoms with van der Waals surface area (Å²) in [6.07, 6.45) is 3.64. The number of hydrogen-bond acceptors (Lipinski definition) is 4. The number of rotatable bonds is 5. The van der Waals surface area contributed by atoms with Gasteiger partial charge in [0.1, 0.15) is 17.3 Å². The van der Waals surface area contributed by atoms with Gasteiger partial charge in [0, 0.05) is 39.8 Å². The smallest absolute Gasteiger partial charge is 0.251 e. The van der Waals surface area contributed by atoms with E-state index in [4.69, 9.17) is 4.52 Å². The van der Waals surface area contributed by atoms with Crippen LogP contribution in [0.5, 0.6) is 0 Å². The molecule has 30 heavy (non-hydrogen) atoms. The van der Waals surface area contributed by atoms with E-state index in [1.807, 2.05) is 0 Å². The van der Waals surface area contributed by atoms with Gasteiger partial charge >= 0.3 is 0 Å². The van der Waals surface area contributed by atoms with Crippen molar-refractivity contribution >= 4 is 22.6 Å². The summed E-state index contributed by atoms with van der Waals surface area (Å²) in [5.41, 5.74) is 2.71. The number of carbonyl (C=O) groups excluding carboxylic acids is 2. The minimum atomic E-state index is -0.421. The lowest BCUT2D eigenvalue weighted by molar-refractivity contribution is 0.0950. The fourth-order valence-corrected chi connectivity index (χ4v) is 3.56. The zero-order valence-corrected chi connectivity index (χ0v) is 16.2. The third kappa shape index (κ3) is 3.18. The average Bonchev–Trinajstić information content (AvgIpc) is 3.31. The molecule has 2 N–H and O–H groups in total. The third-order valence-corrected chi connectivity index (χ3v) is 5.29. The molecule has 0 atom stereocenters. The molecular formula is C23H18FN3O3. The van der Waals surface area contributed by atoms with Crippen LogP contribution in [-0.2, 0) is 0 Å². The highest BCUT2D eigenvalue weighted by Crippen LogP contribution is 2.30. The molecule has 7 heteroatoms. The van der Waals surface area contributed by atoms with Gasteiger partial charge in [0.05, 0.1) is 5.56 Å². The van der Waals surface area contributed by atoms with Gasteiger partial charge in [0.2, 0.25) is 5.78 Å². The summed E-state index contributed by atoms with van der Waals surface area (Å²) in [6, 6.07) is 11.3. The van der Waals surface area contributed by atoms with E-state index in [1.165, 1.54) is 12.1 Å². The first kappa shape index (κ1) is 18.3. The number of hydrogen-bond donors (Lipinski definition) is 2. The lowest BCUT2D eigenvalue weighted by Crippen LogP contribution is -2.25. The Balaban J connectivity index is 1.53. The van der Waals surface area contributed by atoms with Gasteiger partial charge < -0.3 is 14.8 Å². The molecule has 0 spiro atoms. The van der Waals surface area contributed by atoms with Crippen molar-refractivity contribution in [1.29, 1.82) is 0 Å². The predicted molar refractivity (Wildman–Crippen MR) is 109 cm³/mol. The van der Waals surface area contributed by atoms with Crippen LogP contribution in [0.3, 0.4) is 0 Å². The van der Waals surface area contributed by atoms with Crippen LogP contribution in [0.25, 0.3) is 22.2 Å². The van der Waals surface area contributed by atoms with E-state index >= 15 is 0 Å². The number of nitrogens with one attached hydrogen (secondary N) is 2. The van der Waals surface area contributed by atoms with E-state index in [9.17, 15) is 14.0 Å². The summed E-state index contributed by atoms with van der Waals surface area (Å²) in [7, 11) is 0. The summed E-state index contributed by atoms with van der Waals surface area (Å²) in [5, 5.41) is 7.63. The molecule has 1 aliphatic carbocycles. The third-order valence-electron chi connectivity index (χ3n) is 5.29. The van der Waals surface area contributed by atoms with Gasteiger partial charge in [-0.25, -0.2) is 4.39 Å². The van der Waals surface area contributed by atoms with Crippen LogP contribution in [0.15, 0.2) is 53.2 Å². The van der Waals surface area contributed by atoms with Crippen molar-refractivity contribution in [2.24, 2.45) is 0 Å². The first-order valence-corrected chi connectivity index (χ1v) is 9.70. The molecule has 4 aromatic rings. The Bertz CT molecular complexity index is 1300. The molecular weight excluding hydrogens is 385 g/mol. The summed E-state index contributed by atoms with van der Waals surface area (Å²) in [6.45, 7) is 1.65. The minimum absolute atomic E-state index is 0.120. The summed E-state index contributed by atoms with van der Waals surface area (Å²) < 4.78 is 18.9. The lowest BCUT2D eigenvalue weighted by atomic mass is 9.97. The normalized spacial score (nSPS) is 13.5. The van der Waals surface area contributed by atoms with Crippen molar-refractivity contribution in [3.05, 3.63) is 76.9 Å². The minimum Gasteiger partial charge on any atom is -0.360 e. The molecule has 6 nitrogen and oxygen atoms in total. The van der Waals surface area contributed by atoms with Crippen LogP contribution in [0.2, 0.25) is 0 Å². The number of benzene rings is 2. The summed E-state index contributed by atoms with van der Waals surface area (Å²) >= 11 is 0. The van der Waals surface area contributed by atoms with E-state index in [0.717, 1.165) is 12.8 Å². The number of H-pyrrole nitrogens is 1. The Morgan fingerprint density at radius 1 is 1.20 bits per heavy atom. The Kier molecular flexibility index (Phi) is 4.24. The van der Waals surface area contributed by atoms with E-state index in [-0.39, 0.29) is 23.3 Å². The monoisotopic (exact) mass is 403 g/mol. The first-order valence-electron chi connectivity index (χ1n) is 9.70. The SMILES string of the molecule is Cc1onc(-c2cccc(F)c2)c1C(=O)c1c[nH]c2cc(C(=O)NC3CC3)ccc12. The highest BCUT2D eigenvalue weighted by Gasteiger charge is 2.26. The van der Waals surface area contributed by atoms with Crippen LogP contribution < -0.4 is 5.32 Å². The molecule has 1 fully saturated rings. The molecule has 0 aliphatic heterocycles. The van der Waals surface area contributed by atoms with Crippen molar-refractivity contribution in [2.45, 2.75) is 25.8 Å². The van der Waals surface area contributed by atoms with E-state index in [2.05, 4.69) is 15.5 Å². The fraction of sp³-hybridized carbons (Fsp3) is 0.174. The van der Waals surface area contributed by atoms with Crippen LogP contribution in [-0.4, -0.2) is 27.9 Å². The lowest BCUT2D eigenvalue weighted by Gasteiger charge is -2.04. The second-order valence-corrected chi connectivity index (χ2v) is 7.51. The number of aryl methyl sites for hydroxylation is 1. The maximum Gasteiger partial charge on any atom is 0.251 e. The van der Waals surface area contributed by atoms with Gasteiger partial charge in [-0.05, 0) is 44.0 Å². The van der Waals surface area contributed by atoms with Gasteiger partial charge in [-0.1, -0.05) is 23.4 Å². The maximum atomic E-state index is 13.7. The number of fused-ring (bicyclic) bond motifs is 1. The Morgan fingerprint density at radius 2 is 2.03 bits per heavy atom. The second-order valence-electron chi connectivity index (χ2n) is 7.51. The molecule has 0 saturated heterocycles. The van der Waals surface area contributed by atoms with Crippen molar-refractivity contribution in [3.8, 4) is 11.3 Å². The van der Waals surface area contributed by atoms with Crippen LogP contribution in [0, 0.1) is 12.7 Å². The summed E-state index contributed by atoms with van der Waals surface area (Å²) in [5.74, 6) is -0.468. The molecule has 1 aliphatic rings. The summed E-state index contributed by atoms with van der Waals surface area (Å²) in [4.78, 5) is 28.7. The molecule has 2 aromatic carbocycles. The zero-order valence-electron chi connectivity index (χ0n) is 16.2. The molecule has 2 heterocycles. The van der Waals surface area contributed by atoms with Crippen molar-refractivity contribution < 1.29 is 18.5 Å². The Hall–Kier alpha value is -3.74. The average molecular weight is 403 g/mol. The number of ketones is 1. The Labute approximate surface area is 171 Å². The number of halogens is 1. The number of amides is 1. The zero-order chi connectivity index (χ0) is 20.8. The molecule has 0 bridgehead atoms. The van der Waals surface area contributed by atoms with E-state index < -0.39 is 5.82 Å². The van der Waals surface area contributed by atoms with Gasteiger partial charge in [-0.3, -0.25) is 9.59 Å².